The van der Waals surface area contributed by atoms with Gasteiger partial charge in [0.25, 0.3) is 0 Å². The van der Waals surface area contributed by atoms with Gasteiger partial charge in [0.05, 0.1) is 32.8 Å². The lowest BCUT2D eigenvalue weighted by atomic mass is 9.34. The number of ether oxygens (including phenoxy) is 4. The molecule has 0 bridgehead atoms. The van der Waals surface area contributed by atoms with Crippen molar-refractivity contribution in [2.24, 2.45) is 33.0 Å². The van der Waals surface area contributed by atoms with Gasteiger partial charge in [-0.1, -0.05) is 51.5 Å². The number of carbonyl (C=O) groups is 3. The van der Waals surface area contributed by atoms with Crippen LogP contribution in [0.5, 0.6) is 11.5 Å². The van der Waals surface area contributed by atoms with Crippen LogP contribution in [0.4, 0.5) is 0 Å². The van der Waals surface area contributed by atoms with Crippen molar-refractivity contribution in [3.05, 3.63) is 76.1 Å². The molecule has 1 aromatic rings. The molecule has 0 saturated heterocycles. The van der Waals surface area contributed by atoms with Crippen molar-refractivity contribution < 1.29 is 38.4 Å². The average molecular weight is 713 g/mol. The van der Waals surface area contributed by atoms with E-state index in [9.17, 15) is 19.5 Å². The number of allylic oxidation sites excluding steroid dienone is 7. The van der Waals surface area contributed by atoms with Gasteiger partial charge in [0.1, 0.15) is 0 Å². The summed E-state index contributed by atoms with van der Waals surface area (Å²) in [5, 5.41) is 10.5. The summed E-state index contributed by atoms with van der Waals surface area (Å²) < 4.78 is 22.1. The highest BCUT2D eigenvalue weighted by molar-refractivity contribution is 6.06. The Morgan fingerprint density at radius 3 is 2.38 bits per heavy atom. The topological polar surface area (TPSA) is 108 Å². The van der Waals surface area contributed by atoms with Crippen LogP contribution in [0.2, 0.25) is 0 Å². The number of esters is 2. The van der Waals surface area contributed by atoms with Crippen molar-refractivity contribution >= 4 is 23.8 Å². The van der Waals surface area contributed by atoms with E-state index in [1.807, 2.05) is 19.1 Å². The standard InChI is InChI=1S/C44H56O8/c1-28-30-13-15-35-42(4,31(30)26-32(45)38(28)47)20-22-44(6)36-27-41(3,18-17-40(36,2)19-21-43(35,44)5)39(48)52-24-10-9-23-51-33-14-11-29(25-34(33)49-7)12-16-37(46)50-8/h11-16,25-26,36,47H,9-10,17-24,27H2,1-8H3/b16-12+/t36-,40-,41-,42+,43-,44+/m1/s1. The molecule has 0 unspecified atom stereocenters. The average Bonchev–Trinajstić information content (AvgIpc) is 3.13. The summed E-state index contributed by atoms with van der Waals surface area (Å²) in [5.74, 6) is 0.559. The van der Waals surface area contributed by atoms with Crippen LogP contribution in [0.1, 0.15) is 105 Å². The number of fused-ring (bicyclic) bond motifs is 7. The largest absolute Gasteiger partial charge is 0.504 e. The molecule has 0 amide bonds. The maximum atomic E-state index is 13.9. The number of carbonyl (C=O) groups excluding carboxylic acids is 3. The summed E-state index contributed by atoms with van der Waals surface area (Å²) in [7, 11) is 2.91. The van der Waals surface area contributed by atoms with Crippen molar-refractivity contribution in [3.63, 3.8) is 0 Å². The van der Waals surface area contributed by atoms with E-state index in [-0.39, 0.29) is 39.2 Å². The minimum Gasteiger partial charge on any atom is -0.504 e. The first-order valence-electron chi connectivity index (χ1n) is 18.9. The maximum Gasteiger partial charge on any atom is 0.330 e. The first-order valence-corrected chi connectivity index (χ1v) is 18.9. The molecule has 0 aliphatic heterocycles. The fourth-order valence-corrected chi connectivity index (χ4v) is 10.5. The molecule has 3 fully saturated rings. The van der Waals surface area contributed by atoms with Crippen molar-refractivity contribution in [1.29, 1.82) is 0 Å². The Morgan fingerprint density at radius 2 is 1.65 bits per heavy atom. The molecule has 6 rings (SSSR count). The predicted molar refractivity (Wildman–Crippen MR) is 201 cm³/mol. The highest BCUT2D eigenvalue weighted by Gasteiger charge is 2.67. The molecule has 52 heavy (non-hydrogen) atoms. The first kappa shape index (κ1) is 37.7. The van der Waals surface area contributed by atoms with Crippen molar-refractivity contribution in [1.82, 2.24) is 0 Å². The number of rotatable bonds is 10. The van der Waals surface area contributed by atoms with E-state index >= 15 is 0 Å². The molecule has 0 aromatic heterocycles. The molecular weight excluding hydrogens is 656 g/mol. The van der Waals surface area contributed by atoms with E-state index in [0.29, 0.717) is 42.6 Å². The van der Waals surface area contributed by atoms with Crippen LogP contribution in [0, 0.1) is 33.0 Å². The lowest BCUT2D eigenvalue weighted by Gasteiger charge is -2.70. The van der Waals surface area contributed by atoms with Gasteiger partial charge in [-0.25, -0.2) is 4.79 Å². The molecular formula is C44H56O8. The molecule has 280 valence electrons. The maximum absolute atomic E-state index is 13.9. The Labute approximate surface area is 309 Å². The van der Waals surface area contributed by atoms with Crippen molar-refractivity contribution in [2.45, 2.75) is 99.3 Å². The molecule has 0 heterocycles. The highest BCUT2D eigenvalue weighted by Crippen LogP contribution is 2.75. The van der Waals surface area contributed by atoms with Gasteiger partial charge in [-0.3, -0.25) is 9.59 Å². The zero-order valence-corrected chi connectivity index (χ0v) is 32.3. The van der Waals surface area contributed by atoms with Gasteiger partial charge in [-0.2, -0.15) is 0 Å². The Bertz CT molecular complexity index is 1810. The van der Waals surface area contributed by atoms with Crippen LogP contribution in [0.25, 0.3) is 6.08 Å². The monoisotopic (exact) mass is 712 g/mol. The van der Waals surface area contributed by atoms with Gasteiger partial charge in [-0.05, 0) is 135 Å². The Balaban J connectivity index is 1.09. The van der Waals surface area contributed by atoms with Gasteiger partial charge in [-0.15, -0.1) is 0 Å². The van der Waals surface area contributed by atoms with Crippen molar-refractivity contribution in [2.75, 3.05) is 27.4 Å². The summed E-state index contributed by atoms with van der Waals surface area (Å²) >= 11 is 0. The molecule has 6 atom stereocenters. The van der Waals surface area contributed by atoms with E-state index < -0.39 is 11.4 Å². The quantitative estimate of drug-likeness (QED) is 0.145. The number of ketones is 1. The van der Waals surface area contributed by atoms with Crippen LogP contribution in [-0.4, -0.2) is 50.3 Å². The Hall–Kier alpha value is -4.07. The molecule has 1 N–H and O–H groups in total. The van der Waals surface area contributed by atoms with Gasteiger partial charge < -0.3 is 24.1 Å². The van der Waals surface area contributed by atoms with Gasteiger partial charge in [0, 0.05) is 17.1 Å². The third-order valence-corrected chi connectivity index (χ3v) is 14.2. The second kappa shape index (κ2) is 13.7. The summed E-state index contributed by atoms with van der Waals surface area (Å²) in [4.78, 5) is 38.1. The minimum absolute atomic E-state index is 0.0286. The number of unbranched alkanes of at least 4 members (excludes halogenated alkanes) is 1. The SMILES string of the molecule is COC(=O)/C=C/c1ccc(OCCCCOC(=O)[C@]2(C)CC[C@]3(C)CC[C@]4(C)C5=CC=C6C(=CC(=O)C(O)=C6C)[C@]5(C)CC[C@@]4(C)[C@@H]3C2)c(OC)c1. The number of methoxy groups -OCH3 is 2. The lowest BCUT2D eigenvalue weighted by molar-refractivity contribution is -0.182. The van der Waals surface area contributed by atoms with Gasteiger partial charge in [0.2, 0.25) is 5.78 Å². The van der Waals surface area contributed by atoms with Gasteiger partial charge >= 0.3 is 11.9 Å². The van der Waals surface area contributed by atoms with Crippen LogP contribution in [-0.2, 0) is 23.9 Å². The van der Waals surface area contributed by atoms with Crippen molar-refractivity contribution in [3.8, 4) is 11.5 Å². The number of aliphatic hydroxyl groups excluding tert-OH is 1. The molecule has 5 aliphatic rings. The van der Waals surface area contributed by atoms with Crippen LogP contribution in [0.15, 0.2) is 70.6 Å². The zero-order valence-electron chi connectivity index (χ0n) is 32.3. The van der Waals surface area contributed by atoms with E-state index in [2.05, 4.69) is 51.5 Å². The molecule has 3 saturated carbocycles. The summed E-state index contributed by atoms with van der Waals surface area (Å²) in [6.07, 6.45) is 17.3. The third-order valence-electron chi connectivity index (χ3n) is 14.2. The summed E-state index contributed by atoms with van der Waals surface area (Å²) in [6, 6.07) is 5.46. The highest BCUT2D eigenvalue weighted by atomic mass is 16.5. The van der Waals surface area contributed by atoms with Gasteiger partial charge in [0.15, 0.2) is 17.3 Å². The Kier molecular flexibility index (Phi) is 9.95. The molecule has 8 nitrogen and oxygen atoms in total. The van der Waals surface area contributed by atoms with Crippen LogP contribution < -0.4 is 9.47 Å². The molecule has 0 spiro atoms. The number of hydrogen-bond donors (Lipinski definition) is 1. The fraction of sp³-hybridized carbons (Fsp3) is 0.568. The zero-order chi connectivity index (χ0) is 37.7. The molecule has 5 aliphatic carbocycles. The second-order valence-electron chi connectivity index (χ2n) is 17.1. The summed E-state index contributed by atoms with van der Waals surface area (Å²) in [6.45, 7) is 14.4. The first-order chi connectivity index (χ1) is 24.5. The molecule has 8 heteroatoms. The number of hydrogen-bond acceptors (Lipinski definition) is 8. The number of aliphatic hydroxyl groups is 1. The number of benzene rings is 1. The predicted octanol–water partition coefficient (Wildman–Crippen LogP) is 9.21. The van der Waals surface area contributed by atoms with E-state index in [1.54, 1.807) is 25.3 Å². The minimum atomic E-state index is -0.550. The van der Waals surface area contributed by atoms with E-state index in [1.165, 1.54) is 18.8 Å². The Morgan fingerprint density at radius 1 is 0.923 bits per heavy atom. The van der Waals surface area contributed by atoms with E-state index in [0.717, 1.165) is 68.1 Å². The third kappa shape index (κ3) is 6.14. The van der Waals surface area contributed by atoms with E-state index in [4.69, 9.17) is 14.2 Å². The fourth-order valence-electron chi connectivity index (χ4n) is 10.5. The summed E-state index contributed by atoms with van der Waals surface area (Å²) in [5.41, 5.74) is 4.08. The molecule has 1 aromatic carbocycles. The lowest BCUT2D eigenvalue weighted by Crippen LogP contribution is -2.62. The van der Waals surface area contributed by atoms with Crippen LogP contribution in [0.3, 0.4) is 0 Å². The second-order valence-corrected chi connectivity index (χ2v) is 17.1. The smallest absolute Gasteiger partial charge is 0.330 e. The normalized spacial score (nSPS) is 33.8. The van der Waals surface area contributed by atoms with Crippen LogP contribution >= 0.6 is 0 Å². The molecule has 0 radical (unpaired) electrons.